The molecular weight excluding hydrogens is 543 g/mol. The molecule has 0 atom stereocenters. The SMILES string of the molecule is CN1CCN(CC(=O)Nc2ccc(N/C(=C3\C(=O)Nc4cc(Cl)ccc43)c3ccccc3)cc2C(F)(F)F)CC1. The number of rotatable bonds is 6. The molecule has 3 aromatic rings. The second kappa shape index (κ2) is 11.3. The molecule has 11 heteroatoms. The number of anilines is 3. The highest BCUT2D eigenvalue weighted by Gasteiger charge is 2.35. The summed E-state index contributed by atoms with van der Waals surface area (Å²) >= 11 is 6.09. The molecule has 2 amide bonds. The third-order valence-electron chi connectivity index (χ3n) is 6.87. The normalized spacial score (nSPS) is 17.3. The van der Waals surface area contributed by atoms with Gasteiger partial charge in [0.25, 0.3) is 5.91 Å². The van der Waals surface area contributed by atoms with E-state index in [2.05, 4.69) is 20.9 Å². The molecule has 0 unspecified atom stereocenters. The van der Waals surface area contributed by atoms with Gasteiger partial charge in [-0.15, -0.1) is 0 Å². The third-order valence-corrected chi connectivity index (χ3v) is 7.11. The minimum absolute atomic E-state index is 0.00787. The Morgan fingerprint density at radius 3 is 2.40 bits per heavy atom. The van der Waals surface area contributed by atoms with Crippen LogP contribution < -0.4 is 16.0 Å². The number of hydrogen-bond donors (Lipinski definition) is 3. The van der Waals surface area contributed by atoms with Crippen molar-refractivity contribution in [2.24, 2.45) is 0 Å². The molecule has 3 aromatic carbocycles. The summed E-state index contributed by atoms with van der Waals surface area (Å²) in [5.74, 6) is -0.923. The van der Waals surface area contributed by atoms with Crippen molar-refractivity contribution in [3.8, 4) is 0 Å². The van der Waals surface area contributed by atoms with Crippen LogP contribution in [0.3, 0.4) is 0 Å². The Labute approximate surface area is 234 Å². The molecule has 0 saturated carbocycles. The number of nitrogens with one attached hydrogen (secondary N) is 3. The number of carbonyl (C=O) groups is 2. The van der Waals surface area contributed by atoms with Gasteiger partial charge in [-0.3, -0.25) is 14.5 Å². The third kappa shape index (κ3) is 6.14. The van der Waals surface area contributed by atoms with Gasteiger partial charge in [0, 0.05) is 42.5 Å². The predicted octanol–water partition coefficient (Wildman–Crippen LogP) is 5.48. The number of halogens is 4. The van der Waals surface area contributed by atoms with Gasteiger partial charge in [-0.2, -0.15) is 13.2 Å². The highest BCUT2D eigenvalue weighted by atomic mass is 35.5. The molecule has 0 aromatic heterocycles. The van der Waals surface area contributed by atoms with Crippen molar-refractivity contribution in [1.29, 1.82) is 0 Å². The molecular formula is C29H27ClF3N5O2. The van der Waals surface area contributed by atoms with E-state index in [-0.39, 0.29) is 23.5 Å². The van der Waals surface area contributed by atoms with Crippen LogP contribution in [0.5, 0.6) is 0 Å². The van der Waals surface area contributed by atoms with E-state index in [1.54, 1.807) is 48.5 Å². The highest BCUT2D eigenvalue weighted by Crippen LogP contribution is 2.41. The number of likely N-dealkylation sites (N-methyl/N-ethyl adjacent to an activating group) is 1. The summed E-state index contributed by atoms with van der Waals surface area (Å²) in [6, 6.07) is 17.4. The minimum atomic E-state index is -4.73. The summed E-state index contributed by atoms with van der Waals surface area (Å²) in [5.41, 5.74) is 1.07. The van der Waals surface area contributed by atoms with Crippen LogP contribution >= 0.6 is 11.6 Å². The van der Waals surface area contributed by atoms with E-state index < -0.39 is 23.6 Å². The van der Waals surface area contributed by atoms with Crippen molar-refractivity contribution in [3.63, 3.8) is 0 Å². The van der Waals surface area contributed by atoms with Crippen LogP contribution in [-0.4, -0.2) is 61.4 Å². The van der Waals surface area contributed by atoms with E-state index >= 15 is 0 Å². The van der Waals surface area contributed by atoms with E-state index in [9.17, 15) is 22.8 Å². The Morgan fingerprint density at radius 2 is 1.70 bits per heavy atom. The fourth-order valence-electron chi connectivity index (χ4n) is 4.79. The number of amides is 2. The van der Waals surface area contributed by atoms with Crippen molar-refractivity contribution < 1.29 is 22.8 Å². The summed E-state index contributed by atoms with van der Waals surface area (Å²) in [4.78, 5) is 29.7. The first-order valence-electron chi connectivity index (χ1n) is 12.7. The minimum Gasteiger partial charge on any atom is -0.354 e. The lowest BCUT2D eigenvalue weighted by Gasteiger charge is -2.31. The first-order valence-corrected chi connectivity index (χ1v) is 13.1. The Kier molecular flexibility index (Phi) is 7.84. The van der Waals surface area contributed by atoms with Crippen molar-refractivity contribution in [3.05, 3.63) is 88.4 Å². The first kappa shape index (κ1) is 27.7. The number of piperazine rings is 1. The molecule has 7 nitrogen and oxygen atoms in total. The molecule has 1 saturated heterocycles. The largest absolute Gasteiger partial charge is 0.418 e. The molecule has 3 N–H and O–H groups in total. The Morgan fingerprint density at radius 1 is 0.975 bits per heavy atom. The second-order valence-corrected chi connectivity index (χ2v) is 10.2. The number of fused-ring (bicyclic) bond motifs is 1. The lowest BCUT2D eigenvalue weighted by atomic mass is 10.00. The van der Waals surface area contributed by atoms with Crippen molar-refractivity contribution >= 4 is 51.7 Å². The van der Waals surface area contributed by atoms with Gasteiger partial charge in [0.05, 0.1) is 34.8 Å². The molecule has 2 aliphatic heterocycles. The predicted molar refractivity (Wildman–Crippen MR) is 151 cm³/mol. The molecule has 1 fully saturated rings. The van der Waals surface area contributed by atoms with Gasteiger partial charge >= 0.3 is 6.18 Å². The second-order valence-electron chi connectivity index (χ2n) is 9.77. The van der Waals surface area contributed by atoms with Gasteiger partial charge in [0.2, 0.25) is 5.91 Å². The summed E-state index contributed by atoms with van der Waals surface area (Å²) < 4.78 is 42.5. The number of hydrogen-bond acceptors (Lipinski definition) is 5. The maximum absolute atomic E-state index is 14.2. The molecule has 5 rings (SSSR count). The molecule has 0 spiro atoms. The van der Waals surface area contributed by atoms with Crippen molar-refractivity contribution in [2.75, 3.05) is 55.7 Å². The Bertz CT molecular complexity index is 1470. The quantitative estimate of drug-likeness (QED) is 0.343. The van der Waals surface area contributed by atoms with Crippen LogP contribution in [0.4, 0.5) is 30.2 Å². The standard InChI is InChI=1S/C29H27ClF3N5O2/c1-37-11-13-38(14-12-37)17-25(39)35-23-10-8-20(16-22(23)29(31,32)33)34-27(18-5-3-2-4-6-18)26-21-9-7-19(30)15-24(21)36-28(26)40/h2-10,15-16,34H,11-14,17H2,1H3,(H,35,39)(H,36,40)/b27-26-. The zero-order valence-corrected chi connectivity index (χ0v) is 22.4. The first-order chi connectivity index (χ1) is 19.1. The van der Waals surface area contributed by atoms with Crippen LogP contribution in [-0.2, 0) is 15.8 Å². The lowest BCUT2D eigenvalue weighted by Crippen LogP contribution is -2.47. The van der Waals surface area contributed by atoms with Crippen LogP contribution in [0, 0.1) is 0 Å². The maximum Gasteiger partial charge on any atom is 0.418 e. The Balaban J connectivity index is 1.47. The number of alkyl halides is 3. The summed E-state index contributed by atoms with van der Waals surface area (Å²) in [6.07, 6.45) is -4.73. The van der Waals surface area contributed by atoms with E-state index in [4.69, 9.17) is 11.6 Å². The molecule has 40 heavy (non-hydrogen) atoms. The van der Waals surface area contributed by atoms with Gasteiger partial charge in [-0.05, 0) is 42.9 Å². The molecule has 0 aliphatic carbocycles. The van der Waals surface area contributed by atoms with Gasteiger partial charge in [-0.25, -0.2) is 0 Å². The van der Waals surface area contributed by atoms with Crippen LogP contribution in [0.25, 0.3) is 11.3 Å². The highest BCUT2D eigenvalue weighted by molar-refractivity contribution is 6.38. The zero-order chi connectivity index (χ0) is 28.4. The summed E-state index contributed by atoms with van der Waals surface area (Å²) in [7, 11) is 1.98. The summed E-state index contributed by atoms with van der Waals surface area (Å²) in [5, 5.41) is 8.69. The molecule has 2 aliphatic rings. The van der Waals surface area contributed by atoms with Gasteiger partial charge in [0.1, 0.15) is 0 Å². The van der Waals surface area contributed by atoms with Gasteiger partial charge in [0.15, 0.2) is 0 Å². The Hall–Kier alpha value is -3.86. The average molecular weight is 570 g/mol. The molecule has 2 heterocycles. The molecule has 0 radical (unpaired) electrons. The van der Waals surface area contributed by atoms with Crippen LogP contribution in [0.1, 0.15) is 16.7 Å². The summed E-state index contributed by atoms with van der Waals surface area (Å²) in [6.45, 7) is 2.91. The number of nitrogens with zero attached hydrogens (tertiary/aromatic N) is 2. The molecule has 0 bridgehead atoms. The smallest absolute Gasteiger partial charge is 0.354 e. The van der Waals surface area contributed by atoms with Crippen LogP contribution in [0.2, 0.25) is 5.02 Å². The number of carbonyl (C=O) groups excluding carboxylic acids is 2. The zero-order valence-electron chi connectivity index (χ0n) is 21.6. The van der Waals surface area contributed by atoms with Crippen LogP contribution in [0.15, 0.2) is 66.7 Å². The average Bonchev–Trinajstić information content (AvgIpc) is 3.23. The maximum atomic E-state index is 14.2. The molecule has 208 valence electrons. The van der Waals surface area contributed by atoms with Crippen molar-refractivity contribution in [1.82, 2.24) is 9.80 Å². The van der Waals surface area contributed by atoms with E-state index in [1.165, 1.54) is 12.1 Å². The monoisotopic (exact) mass is 569 g/mol. The number of benzene rings is 3. The fraction of sp³-hybridized carbons (Fsp3) is 0.241. The fourth-order valence-corrected chi connectivity index (χ4v) is 4.96. The van der Waals surface area contributed by atoms with Crippen molar-refractivity contribution in [2.45, 2.75) is 6.18 Å². The van der Waals surface area contributed by atoms with E-state index in [0.29, 0.717) is 40.6 Å². The van der Waals surface area contributed by atoms with E-state index in [1.807, 2.05) is 11.9 Å². The topological polar surface area (TPSA) is 76.7 Å². The van der Waals surface area contributed by atoms with E-state index in [0.717, 1.165) is 19.2 Å². The van der Waals surface area contributed by atoms with Gasteiger partial charge < -0.3 is 20.9 Å². The van der Waals surface area contributed by atoms with Gasteiger partial charge in [-0.1, -0.05) is 48.0 Å². The lowest BCUT2D eigenvalue weighted by molar-refractivity contribution is -0.137.